The van der Waals surface area contributed by atoms with Crippen LogP contribution in [0.15, 0.2) is 0 Å². The molecule has 0 rings (SSSR count). The topological polar surface area (TPSA) is 66.8 Å². The van der Waals surface area contributed by atoms with E-state index < -0.39 is 25.2 Å². The molecule has 0 aromatic rings. The molecule has 0 aliphatic heterocycles. The van der Waals surface area contributed by atoms with E-state index in [-0.39, 0.29) is 0 Å². The molecular weight excluding hydrogens is 146 g/mol. The zero-order valence-corrected chi connectivity index (χ0v) is 4.90. The van der Waals surface area contributed by atoms with Gasteiger partial charge in [-0.1, -0.05) is 0 Å². The van der Waals surface area contributed by atoms with Gasteiger partial charge in [0.1, 0.15) is 0 Å². The maximum atomic E-state index is 9.31. The number of hydrogen-bond donors (Lipinski definition) is 2. The summed E-state index contributed by atoms with van der Waals surface area (Å²) in [6, 6.07) is 0. The molecule has 2 N–H and O–H groups in total. The van der Waals surface area contributed by atoms with Gasteiger partial charge in [-0.15, -0.1) is 0 Å². The van der Waals surface area contributed by atoms with Crippen molar-refractivity contribution in [2.24, 2.45) is 0 Å². The summed E-state index contributed by atoms with van der Waals surface area (Å²) in [7, 11) is -2.37. The van der Waals surface area contributed by atoms with Crippen molar-refractivity contribution < 1.29 is 33.5 Å². The Kier molecular flexibility index (Phi) is 4.32. The molecular formula is H2O4PV. The Morgan fingerprint density at radius 1 is 1.67 bits per heavy atom. The average molecular weight is 148 g/mol. The first-order valence-electron chi connectivity index (χ1n) is 0.948. The van der Waals surface area contributed by atoms with Crippen LogP contribution in [0, 0.1) is 0 Å². The van der Waals surface area contributed by atoms with Gasteiger partial charge in [-0.2, -0.15) is 0 Å². The van der Waals surface area contributed by atoms with Gasteiger partial charge in [0.25, 0.3) is 0 Å². The van der Waals surface area contributed by atoms with Gasteiger partial charge in [0.2, 0.25) is 0 Å². The summed E-state index contributed by atoms with van der Waals surface area (Å²) in [5.74, 6) is 0. The van der Waals surface area contributed by atoms with E-state index in [9.17, 15) is 3.67 Å². The molecule has 0 spiro atoms. The average Bonchev–Trinajstić information content (AvgIpc) is 1.35. The first kappa shape index (κ1) is 6.69. The van der Waals surface area contributed by atoms with E-state index in [2.05, 4.69) is 3.45 Å². The van der Waals surface area contributed by atoms with Crippen LogP contribution in [0.4, 0.5) is 0 Å². The Bertz CT molecular complexity index is 42.8. The molecule has 0 aliphatic carbocycles. The van der Waals surface area contributed by atoms with E-state index in [0.29, 0.717) is 0 Å². The fourth-order valence-electron chi connectivity index (χ4n) is 0.0298. The molecule has 0 saturated carbocycles. The Morgan fingerprint density at radius 2 is 2.17 bits per heavy atom. The van der Waals surface area contributed by atoms with Crippen LogP contribution in [0.1, 0.15) is 0 Å². The summed E-state index contributed by atoms with van der Waals surface area (Å²) < 4.78 is 13.1. The second kappa shape index (κ2) is 3.87. The second-order valence-electron chi connectivity index (χ2n) is 0.409. The van der Waals surface area contributed by atoms with Gasteiger partial charge in [-0.25, -0.2) is 0 Å². The van der Waals surface area contributed by atoms with Gasteiger partial charge in [0.05, 0.1) is 0 Å². The standard InChI is InChI=1S/H2O3P.O.V/c1-4(2)3;;/h1-2H;;/q-1;;+1. The van der Waals surface area contributed by atoms with E-state index >= 15 is 0 Å². The van der Waals surface area contributed by atoms with Gasteiger partial charge in [0, 0.05) is 0 Å². The molecule has 6 heavy (non-hydrogen) atoms. The van der Waals surface area contributed by atoms with Gasteiger partial charge >= 0.3 is 42.1 Å². The maximum absolute atomic E-state index is 9.31. The predicted molar refractivity (Wildman–Crippen MR) is 13.1 cm³/mol. The Balaban J connectivity index is 2.81. The van der Waals surface area contributed by atoms with Crippen molar-refractivity contribution in [1.82, 2.24) is 0 Å². The molecule has 0 unspecified atom stereocenters. The van der Waals surface area contributed by atoms with Crippen LogP contribution in [0.3, 0.4) is 0 Å². The third-order valence-electron chi connectivity index (χ3n) is 0.106. The van der Waals surface area contributed by atoms with Crippen LogP contribution in [-0.4, -0.2) is 9.79 Å². The molecule has 0 aliphatic rings. The van der Waals surface area contributed by atoms with Gasteiger partial charge in [-0.3, -0.25) is 0 Å². The van der Waals surface area contributed by atoms with Crippen molar-refractivity contribution in [1.29, 1.82) is 0 Å². The van der Waals surface area contributed by atoms with Crippen molar-refractivity contribution in [2.75, 3.05) is 0 Å². The summed E-state index contributed by atoms with van der Waals surface area (Å²) in [5, 5.41) is 0. The normalized spacial score (nSPS) is 9.17. The Morgan fingerprint density at radius 3 is 2.17 bits per heavy atom. The van der Waals surface area contributed by atoms with Crippen molar-refractivity contribution in [3.63, 3.8) is 0 Å². The third-order valence-corrected chi connectivity index (χ3v) is 1.32. The molecule has 36 valence electrons. The Hall–Kier alpha value is 0.694. The Labute approximate surface area is 42.8 Å². The van der Waals surface area contributed by atoms with Crippen LogP contribution in [0.2, 0.25) is 0 Å². The van der Waals surface area contributed by atoms with Crippen LogP contribution >= 0.6 is 8.60 Å². The summed E-state index contributed by atoms with van der Waals surface area (Å²) in [6.07, 6.45) is 0. The summed E-state index contributed by atoms with van der Waals surface area (Å²) >= 11 is -1.54. The van der Waals surface area contributed by atoms with Crippen LogP contribution in [0.5, 0.6) is 0 Å². The van der Waals surface area contributed by atoms with Crippen LogP contribution in [0.25, 0.3) is 0 Å². The molecule has 0 amide bonds. The molecule has 0 fully saturated rings. The number of hydrogen-bond acceptors (Lipinski definition) is 4. The quantitative estimate of drug-likeness (QED) is 0.520. The van der Waals surface area contributed by atoms with E-state index in [1.54, 1.807) is 0 Å². The van der Waals surface area contributed by atoms with E-state index in [0.717, 1.165) is 0 Å². The van der Waals surface area contributed by atoms with E-state index in [1.165, 1.54) is 0 Å². The predicted octanol–water partition coefficient (Wildman–Crippen LogP) is -0.443. The molecule has 4 nitrogen and oxygen atoms in total. The molecule has 0 heterocycles. The summed E-state index contributed by atoms with van der Waals surface area (Å²) in [5.41, 5.74) is 0. The minimum absolute atomic E-state index is 1.54. The summed E-state index contributed by atoms with van der Waals surface area (Å²) in [4.78, 5) is 15.5. The molecule has 0 bridgehead atoms. The van der Waals surface area contributed by atoms with Crippen molar-refractivity contribution >= 4 is 8.60 Å². The van der Waals surface area contributed by atoms with Crippen molar-refractivity contribution in [3.05, 3.63) is 0 Å². The van der Waals surface area contributed by atoms with Crippen LogP contribution < -0.4 is 0 Å². The van der Waals surface area contributed by atoms with Crippen molar-refractivity contribution in [2.45, 2.75) is 0 Å². The van der Waals surface area contributed by atoms with E-state index in [4.69, 9.17) is 9.79 Å². The molecule has 6 heteroatoms. The van der Waals surface area contributed by atoms with Gasteiger partial charge < -0.3 is 0 Å². The summed E-state index contributed by atoms with van der Waals surface area (Å²) in [6.45, 7) is 0. The SMILES string of the molecule is [O]=[V][O]P(O)O. The van der Waals surface area contributed by atoms with Crippen molar-refractivity contribution in [3.8, 4) is 0 Å². The zero-order chi connectivity index (χ0) is 4.99. The third kappa shape index (κ3) is 4.69. The molecule has 0 aromatic heterocycles. The fourth-order valence-corrected chi connectivity index (χ4v) is 0.369. The first-order chi connectivity index (χ1) is 2.77. The van der Waals surface area contributed by atoms with Crippen LogP contribution in [-0.2, 0) is 23.7 Å². The zero-order valence-electron chi connectivity index (χ0n) is 2.61. The molecule has 0 atom stereocenters. The minimum atomic E-state index is -2.37. The van der Waals surface area contributed by atoms with Gasteiger partial charge in [0.15, 0.2) is 0 Å². The fraction of sp³-hybridized carbons (Fsp3) is 0. The van der Waals surface area contributed by atoms with E-state index in [1.807, 2.05) is 0 Å². The molecule has 0 saturated heterocycles. The second-order valence-corrected chi connectivity index (χ2v) is 2.08. The number of rotatable bonds is 2. The first-order valence-corrected chi connectivity index (χ1v) is 3.25. The molecule has 0 aromatic carbocycles. The van der Waals surface area contributed by atoms with Gasteiger partial charge in [-0.05, 0) is 0 Å². The monoisotopic (exact) mass is 148 g/mol. The molecule has 0 radical (unpaired) electrons.